The summed E-state index contributed by atoms with van der Waals surface area (Å²) in [7, 11) is 1.21. The smallest absolute Gasteiger partial charge is 0.416 e. The highest BCUT2D eigenvalue weighted by Crippen LogP contribution is 2.42. The molecule has 0 bridgehead atoms. The van der Waals surface area contributed by atoms with E-state index in [1.165, 1.54) is 49.3 Å². The third-order valence-electron chi connectivity index (χ3n) is 6.72. The largest absolute Gasteiger partial charge is 0.468 e. The first-order valence-electron chi connectivity index (χ1n) is 12.2. The second-order valence-electron chi connectivity index (χ2n) is 9.44. The number of rotatable bonds is 7. The Labute approximate surface area is 229 Å². The number of esters is 1. The Balaban J connectivity index is 1.74. The molecule has 1 aliphatic heterocycles. The number of morpholine rings is 1. The Morgan fingerprint density at radius 2 is 1.71 bits per heavy atom. The molecular weight excluding hydrogens is 565 g/mol. The highest BCUT2D eigenvalue weighted by atomic mass is 19.4. The number of halogens is 7. The van der Waals surface area contributed by atoms with Crippen LogP contribution in [-0.2, 0) is 43.4 Å². The van der Waals surface area contributed by atoms with Crippen LogP contribution in [0, 0.1) is 5.82 Å². The number of methoxy groups -OCH3 is 1. The summed E-state index contributed by atoms with van der Waals surface area (Å²) in [4.78, 5) is 17.6. The van der Waals surface area contributed by atoms with E-state index in [2.05, 4.69) is 14.8 Å². The van der Waals surface area contributed by atoms with Crippen LogP contribution in [0.15, 0.2) is 48.8 Å². The van der Waals surface area contributed by atoms with Gasteiger partial charge in [0.25, 0.3) is 0 Å². The first-order valence-corrected chi connectivity index (χ1v) is 12.2. The molecule has 1 aliphatic rings. The van der Waals surface area contributed by atoms with Crippen LogP contribution in [0.4, 0.5) is 36.7 Å². The van der Waals surface area contributed by atoms with E-state index in [9.17, 15) is 35.5 Å². The molecule has 1 saturated heterocycles. The van der Waals surface area contributed by atoms with Crippen LogP contribution >= 0.6 is 0 Å². The predicted octanol–water partition coefficient (Wildman–Crippen LogP) is 5.48. The molecule has 2 aromatic carbocycles. The minimum Gasteiger partial charge on any atom is -0.468 e. The standard InChI is InChI=1S/C26H25F7N4O4/c1-15(16-10-18(25(28,29)30)12-19(11-16)26(31,32)33)41-22-24(2,17-4-6-20(27)7-5-17)37(8-9-40-22)23-34-14-36(35-23)13-21(38)39-3/h4-7,10-12,14-15,22H,8-9,13H2,1-3H3/t15-,22-,24+/m1/s1. The van der Waals surface area contributed by atoms with Gasteiger partial charge in [-0.05, 0) is 55.3 Å². The highest BCUT2D eigenvalue weighted by Gasteiger charge is 2.48. The minimum absolute atomic E-state index is 0.0100. The molecule has 41 heavy (non-hydrogen) atoms. The Hall–Kier alpha value is -3.72. The zero-order valence-corrected chi connectivity index (χ0v) is 22.0. The number of hydrogen-bond acceptors (Lipinski definition) is 7. The SMILES string of the molecule is COC(=O)Cn1cnc(N2CCO[C@H](O[C@H](C)c3cc(C(F)(F)F)cc(C(F)(F)F)c3)[C@]2(C)c2ccc(F)cc2)n1. The molecule has 222 valence electrons. The summed E-state index contributed by atoms with van der Waals surface area (Å²) in [6.07, 6.45) is -11.4. The van der Waals surface area contributed by atoms with Gasteiger partial charge < -0.3 is 19.1 Å². The zero-order chi connectivity index (χ0) is 30.2. The van der Waals surface area contributed by atoms with Gasteiger partial charge in [0.1, 0.15) is 24.2 Å². The summed E-state index contributed by atoms with van der Waals surface area (Å²) in [6, 6.07) is 6.45. The maximum absolute atomic E-state index is 13.8. The molecule has 8 nitrogen and oxygen atoms in total. The number of carbonyl (C=O) groups is 1. The lowest BCUT2D eigenvalue weighted by Gasteiger charge is -2.49. The number of aromatic nitrogens is 3. The molecular formula is C26H25F7N4O4. The number of nitrogens with zero attached hydrogens (tertiary/aromatic N) is 4. The summed E-state index contributed by atoms with van der Waals surface area (Å²) >= 11 is 0. The van der Waals surface area contributed by atoms with Gasteiger partial charge in [-0.1, -0.05) is 12.1 Å². The molecule has 0 unspecified atom stereocenters. The van der Waals surface area contributed by atoms with Crippen molar-refractivity contribution in [2.75, 3.05) is 25.2 Å². The number of carbonyl (C=O) groups excluding carboxylic acids is 1. The Bertz CT molecular complexity index is 1350. The van der Waals surface area contributed by atoms with Crippen LogP contribution in [-0.4, -0.2) is 47.3 Å². The number of benzene rings is 2. The fourth-order valence-electron chi connectivity index (χ4n) is 4.49. The van der Waals surface area contributed by atoms with Crippen molar-refractivity contribution >= 4 is 11.9 Å². The van der Waals surface area contributed by atoms with Gasteiger partial charge in [-0.25, -0.2) is 14.1 Å². The molecule has 1 fully saturated rings. The molecule has 1 aromatic heterocycles. The van der Waals surface area contributed by atoms with E-state index >= 15 is 0 Å². The summed E-state index contributed by atoms with van der Waals surface area (Å²) in [6.45, 7) is 2.87. The van der Waals surface area contributed by atoms with E-state index in [0.717, 1.165) is 0 Å². The van der Waals surface area contributed by atoms with Gasteiger partial charge >= 0.3 is 18.3 Å². The molecule has 3 atom stereocenters. The molecule has 0 radical (unpaired) electrons. The number of alkyl halides is 6. The topological polar surface area (TPSA) is 78.7 Å². The third kappa shape index (κ3) is 6.45. The molecule has 15 heteroatoms. The van der Waals surface area contributed by atoms with E-state index in [4.69, 9.17) is 9.47 Å². The lowest BCUT2D eigenvalue weighted by molar-refractivity contribution is -0.217. The summed E-state index contributed by atoms with van der Waals surface area (Å²) in [5, 5.41) is 4.30. The zero-order valence-electron chi connectivity index (χ0n) is 22.0. The van der Waals surface area contributed by atoms with Crippen molar-refractivity contribution in [1.82, 2.24) is 14.8 Å². The van der Waals surface area contributed by atoms with Crippen LogP contribution < -0.4 is 4.90 Å². The van der Waals surface area contributed by atoms with E-state index in [1.54, 1.807) is 11.8 Å². The Morgan fingerprint density at radius 1 is 1.10 bits per heavy atom. The van der Waals surface area contributed by atoms with Gasteiger partial charge in [-0.3, -0.25) is 4.79 Å². The Kier molecular flexibility index (Phi) is 8.32. The second kappa shape index (κ2) is 11.3. The molecule has 0 amide bonds. The second-order valence-corrected chi connectivity index (χ2v) is 9.44. The van der Waals surface area contributed by atoms with Crippen molar-refractivity contribution in [3.63, 3.8) is 0 Å². The number of anilines is 1. The van der Waals surface area contributed by atoms with Crippen molar-refractivity contribution in [2.24, 2.45) is 0 Å². The highest BCUT2D eigenvalue weighted by molar-refractivity contribution is 5.68. The van der Waals surface area contributed by atoms with Crippen LogP contribution in [0.2, 0.25) is 0 Å². The van der Waals surface area contributed by atoms with Gasteiger partial charge in [0.2, 0.25) is 5.95 Å². The molecule has 0 N–H and O–H groups in total. The maximum Gasteiger partial charge on any atom is 0.416 e. The molecule has 0 spiro atoms. The summed E-state index contributed by atoms with van der Waals surface area (Å²) in [5.41, 5.74) is -4.27. The number of ether oxygens (including phenoxy) is 3. The minimum atomic E-state index is -5.04. The van der Waals surface area contributed by atoms with E-state index in [1.807, 2.05) is 0 Å². The van der Waals surface area contributed by atoms with Crippen LogP contribution in [0.25, 0.3) is 0 Å². The lowest BCUT2D eigenvalue weighted by atomic mass is 9.87. The van der Waals surface area contributed by atoms with Crippen LogP contribution in [0.1, 0.15) is 42.2 Å². The molecule has 4 rings (SSSR count). The summed E-state index contributed by atoms with van der Waals surface area (Å²) in [5.74, 6) is -1.02. The third-order valence-corrected chi connectivity index (χ3v) is 6.72. The quantitative estimate of drug-likeness (QED) is 0.266. The molecule has 2 heterocycles. The molecule has 0 aliphatic carbocycles. The van der Waals surface area contributed by atoms with E-state index in [-0.39, 0.29) is 37.3 Å². The van der Waals surface area contributed by atoms with Crippen LogP contribution in [0.3, 0.4) is 0 Å². The predicted molar refractivity (Wildman–Crippen MR) is 129 cm³/mol. The van der Waals surface area contributed by atoms with Crippen molar-refractivity contribution in [3.8, 4) is 0 Å². The fourth-order valence-corrected chi connectivity index (χ4v) is 4.49. The van der Waals surface area contributed by atoms with Crippen molar-refractivity contribution in [3.05, 3.63) is 76.9 Å². The lowest BCUT2D eigenvalue weighted by Crippen LogP contribution is -2.60. The first-order chi connectivity index (χ1) is 19.1. The normalized spacial score (nSPS) is 20.6. The maximum atomic E-state index is 13.8. The first kappa shape index (κ1) is 30.2. The molecule has 0 saturated carbocycles. The fraction of sp³-hybridized carbons (Fsp3) is 0.423. The van der Waals surface area contributed by atoms with Gasteiger partial charge in [0.15, 0.2) is 6.29 Å². The molecule has 3 aromatic rings. The van der Waals surface area contributed by atoms with E-state index < -0.39 is 53.2 Å². The van der Waals surface area contributed by atoms with E-state index in [0.29, 0.717) is 17.7 Å². The summed E-state index contributed by atoms with van der Waals surface area (Å²) < 4.78 is 112. The van der Waals surface area contributed by atoms with Gasteiger partial charge in [0, 0.05) is 6.54 Å². The Morgan fingerprint density at radius 3 is 2.27 bits per heavy atom. The average molecular weight is 590 g/mol. The van der Waals surface area contributed by atoms with Gasteiger partial charge in [0.05, 0.1) is 30.9 Å². The van der Waals surface area contributed by atoms with Gasteiger partial charge in [-0.2, -0.15) is 26.3 Å². The van der Waals surface area contributed by atoms with Crippen molar-refractivity contribution in [2.45, 2.75) is 50.7 Å². The van der Waals surface area contributed by atoms with Crippen LogP contribution in [0.5, 0.6) is 0 Å². The monoisotopic (exact) mass is 590 g/mol. The average Bonchev–Trinajstić information content (AvgIpc) is 3.36. The van der Waals surface area contributed by atoms with Crippen molar-refractivity contribution < 1.29 is 49.7 Å². The van der Waals surface area contributed by atoms with Crippen molar-refractivity contribution in [1.29, 1.82) is 0 Å². The number of hydrogen-bond donors (Lipinski definition) is 0. The van der Waals surface area contributed by atoms with Gasteiger partial charge in [-0.15, -0.1) is 5.10 Å².